The molecule has 26 heavy (non-hydrogen) atoms. The van der Waals surface area contributed by atoms with Crippen molar-refractivity contribution < 1.29 is 9.59 Å². The van der Waals surface area contributed by atoms with E-state index in [1.807, 2.05) is 18.2 Å². The van der Waals surface area contributed by atoms with E-state index in [2.05, 4.69) is 47.1 Å². The lowest BCUT2D eigenvalue weighted by molar-refractivity contribution is -0.122. The van der Waals surface area contributed by atoms with E-state index in [1.54, 1.807) is 30.8 Å². The molecule has 0 aliphatic heterocycles. The van der Waals surface area contributed by atoms with Crippen molar-refractivity contribution in [1.82, 2.24) is 10.6 Å². The SMILES string of the molecule is Cc1ccc(CSCCNC(=O)C(C)NC(=O)Nc2ccccc2)cc1. The molecule has 0 aromatic heterocycles. The summed E-state index contributed by atoms with van der Waals surface area (Å²) in [6.07, 6.45) is 0. The van der Waals surface area contributed by atoms with Crippen LogP contribution in [0.4, 0.5) is 10.5 Å². The van der Waals surface area contributed by atoms with Crippen molar-refractivity contribution in [2.45, 2.75) is 25.6 Å². The molecule has 0 aliphatic rings. The molecule has 1 unspecified atom stereocenters. The molecular weight excluding hydrogens is 346 g/mol. The number of nitrogens with one attached hydrogen (secondary N) is 3. The van der Waals surface area contributed by atoms with Crippen molar-refractivity contribution in [3.05, 3.63) is 65.7 Å². The van der Waals surface area contributed by atoms with Crippen molar-refractivity contribution >= 4 is 29.4 Å². The summed E-state index contributed by atoms with van der Waals surface area (Å²) in [5, 5.41) is 8.17. The molecule has 0 bridgehead atoms. The highest BCUT2D eigenvalue weighted by Gasteiger charge is 2.14. The summed E-state index contributed by atoms with van der Waals surface area (Å²) >= 11 is 1.77. The molecule has 3 amide bonds. The number of hydrogen-bond donors (Lipinski definition) is 3. The highest BCUT2D eigenvalue weighted by Crippen LogP contribution is 2.12. The molecule has 0 radical (unpaired) electrons. The number of aryl methyl sites for hydroxylation is 1. The Morgan fingerprint density at radius 1 is 1.04 bits per heavy atom. The van der Waals surface area contributed by atoms with Gasteiger partial charge in [0, 0.05) is 23.7 Å². The van der Waals surface area contributed by atoms with Gasteiger partial charge in [-0.05, 0) is 31.5 Å². The second-order valence-electron chi connectivity index (χ2n) is 6.02. The van der Waals surface area contributed by atoms with Gasteiger partial charge in [-0.25, -0.2) is 4.79 Å². The third kappa shape index (κ3) is 7.19. The lowest BCUT2D eigenvalue weighted by Crippen LogP contribution is -2.46. The lowest BCUT2D eigenvalue weighted by atomic mass is 10.2. The third-order valence-corrected chi connectivity index (χ3v) is 4.74. The number of rotatable bonds is 8. The summed E-state index contributed by atoms with van der Waals surface area (Å²) in [7, 11) is 0. The van der Waals surface area contributed by atoms with E-state index in [4.69, 9.17) is 0 Å². The van der Waals surface area contributed by atoms with Crippen molar-refractivity contribution in [3.8, 4) is 0 Å². The maximum absolute atomic E-state index is 12.0. The second kappa shape index (κ2) is 10.5. The highest BCUT2D eigenvalue weighted by atomic mass is 32.2. The first-order chi connectivity index (χ1) is 12.5. The Kier molecular flexibility index (Phi) is 8.02. The zero-order valence-corrected chi connectivity index (χ0v) is 15.9. The first kappa shape index (κ1) is 19.8. The molecule has 6 heteroatoms. The van der Waals surface area contributed by atoms with Crippen molar-refractivity contribution in [2.24, 2.45) is 0 Å². The Morgan fingerprint density at radius 3 is 2.42 bits per heavy atom. The Bertz CT molecular complexity index is 705. The summed E-state index contributed by atoms with van der Waals surface area (Å²) in [5.74, 6) is 1.55. The molecule has 5 nitrogen and oxygen atoms in total. The van der Waals surface area contributed by atoms with Crippen molar-refractivity contribution in [2.75, 3.05) is 17.6 Å². The number of amides is 3. The molecule has 0 saturated carbocycles. The minimum absolute atomic E-state index is 0.191. The Morgan fingerprint density at radius 2 is 1.73 bits per heavy atom. The van der Waals surface area contributed by atoms with Crippen molar-refractivity contribution in [3.63, 3.8) is 0 Å². The van der Waals surface area contributed by atoms with Crippen LogP contribution in [0.1, 0.15) is 18.1 Å². The molecule has 2 aromatic rings. The molecule has 1 atom stereocenters. The Labute approximate surface area is 159 Å². The van der Waals surface area contributed by atoms with Gasteiger partial charge in [-0.15, -0.1) is 0 Å². The number of thioether (sulfide) groups is 1. The monoisotopic (exact) mass is 371 g/mol. The van der Waals surface area contributed by atoms with Gasteiger partial charge in [0.05, 0.1) is 0 Å². The Hall–Kier alpha value is -2.47. The molecule has 0 aliphatic carbocycles. The van der Waals surface area contributed by atoms with Gasteiger partial charge in [0.15, 0.2) is 0 Å². The quantitative estimate of drug-likeness (QED) is 0.622. The molecule has 0 fully saturated rings. The predicted molar refractivity (Wildman–Crippen MR) is 108 cm³/mol. The van der Waals surface area contributed by atoms with Crippen LogP contribution in [0.2, 0.25) is 0 Å². The molecule has 0 spiro atoms. The zero-order valence-electron chi connectivity index (χ0n) is 15.1. The van der Waals surface area contributed by atoms with Crippen LogP contribution >= 0.6 is 11.8 Å². The van der Waals surface area contributed by atoms with E-state index in [-0.39, 0.29) is 5.91 Å². The number of para-hydroxylation sites is 1. The van der Waals surface area contributed by atoms with Crippen LogP contribution in [0.3, 0.4) is 0 Å². The van der Waals surface area contributed by atoms with Gasteiger partial charge in [-0.3, -0.25) is 4.79 Å². The van der Waals surface area contributed by atoms with Crippen LogP contribution in [-0.4, -0.2) is 30.3 Å². The smallest absolute Gasteiger partial charge is 0.319 e. The normalized spacial score (nSPS) is 11.5. The molecule has 2 rings (SSSR count). The maximum Gasteiger partial charge on any atom is 0.319 e. The standard InChI is InChI=1S/C20H25N3O2S/c1-15-8-10-17(11-9-15)14-26-13-12-21-19(24)16(2)22-20(25)23-18-6-4-3-5-7-18/h3-11,16H,12-14H2,1-2H3,(H,21,24)(H2,22,23,25). The summed E-state index contributed by atoms with van der Waals surface area (Å²) in [5.41, 5.74) is 3.22. The Balaban J connectivity index is 1.60. The van der Waals surface area contributed by atoms with E-state index in [1.165, 1.54) is 11.1 Å². The first-order valence-electron chi connectivity index (χ1n) is 8.58. The largest absolute Gasteiger partial charge is 0.353 e. The van der Waals surface area contributed by atoms with Crippen LogP contribution in [0.25, 0.3) is 0 Å². The number of urea groups is 1. The van der Waals surface area contributed by atoms with E-state index < -0.39 is 12.1 Å². The van der Waals surface area contributed by atoms with Gasteiger partial charge in [0.1, 0.15) is 6.04 Å². The van der Waals surface area contributed by atoms with E-state index in [0.29, 0.717) is 12.2 Å². The van der Waals surface area contributed by atoms with Gasteiger partial charge in [0.25, 0.3) is 0 Å². The third-order valence-electron chi connectivity index (χ3n) is 3.71. The number of carbonyl (C=O) groups is 2. The van der Waals surface area contributed by atoms with Crippen molar-refractivity contribution in [1.29, 1.82) is 0 Å². The second-order valence-corrected chi connectivity index (χ2v) is 7.12. The summed E-state index contributed by atoms with van der Waals surface area (Å²) in [6, 6.07) is 16.6. The maximum atomic E-state index is 12.0. The van der Waals surface area contributed by atoms with Gasteiger partial charge in [0.2, 0.25) is 5.91 Å². The summed E-state index contributed by atoms with van der Waals surface area (Å²) in [4.78, 5) is 23.9. The summed E-state index contributed by atoms with van der Waals surface area (Å²) < 4.78 is 0. The fourth-order valence-corrected chi connectivity index (χ4v) is 3.04. The van der Waals surface area contributed by atoms with Gasteiger partial charge < -0.3 is 16.0 Å². The van der Waals surface area contributed by atoms with E-state index in [9.17, 15) is 9.59 Å². The molecule has 0 saturated heterocycles. The number of carbonyl (C=O) groups excluding carboxylic acids is 2. The molecule has 0 heterocycles. The fourth-order valence-electron chi connectivity index (χ4n) is 2.22. The van der Waals surface area contributed by atoms with Crippen LogP contribution in [-0.2, 0) is 10.5 Å². The van der Waals surface area contributed by atoms with Crippen LogP contribution in [0, 0.1) is 6.92 Å². The van der Waals surface area contributed by atoms with Crippen LogP contribution in [0.5, 0.6) is 0 Å². The van der Waals surface area contributed by atoms with Crippen LogP contribution in [0.15, 0.2) is 54.6 Å². The zero-order chi connectivity index (χ0) is 18.8. The highest BCUT2D eigenvalue weighted by molar-refractivity contribution is 7.98. The molecule has 3 N–H and O–H groups in total. The average molecular weight is 372 g/mol. The fraction of sp³-hybridized carbons (Fsp3) is 0.300. The molecular formula is C20H25N3O2S. The number of benzene rings is 2. The van der Waals surface area contributed by atoms with Gasteiger partial charge in [-0.2, -0.15) is 11.8 Å². The average Bonchev–Trinajstić information content (AvgIpc) is 2.63. The summed E-state index contributed by atoms with van der Waals surface area (Å²) in [6.45, 7) is 4.31. The predicted octanol–water partition coefficient (Wildman–Crippen LogP) is 3.55. The number of hydrogen-bond acceptors (Lipinski definition) is 3. The molecule has 138 valence electrons. The van der Waals surface area contributed by atoms with E-state index >= 15 is 0 Å². The van der Waals surface area contributed by atoms with Crippen LogP contribution < -0.4 is 16.0 Å². The minimum atomic E-state index is -0.596. The van der Waals surface area contributed by atoms with Gasteiger partial charge in [-0.1, -0.05) is 48.0 Å². The topological polar surface area (TPSA) is 70.2 Å². The minimum Gasteiger partial charge on any atom is -0.353 e. The first-order valence-corrected chi connectivity index (χ1v) is 9.73. The lowest BCUT2D eigenvalue weighted by Gasteiger charge is -2.14. The van der Waals surface area contributed by atoms with Gasteiger partial charge >= 0.3 is 6.03 Å². The molecule has 2 aromatic carbocycles. The number of anilines is 1. The van der Waals surface area contributed by atoms with E-state index in [0.717, 1.165) is 11.5 Å².